The van der Waals surface area contributed by atoms with Crippen molar-refractivity contribution in [1.82, 2.24) is 0 Å². The van der Waals surface area contributed by atoms with E-state index in [1.165, 1.54) is 94.6 Å². The van der Waals surface area contributed by atoms with Crippen molar-refractivity contribution in [3.8, 4) is 0 Å². The highest BCUT2D eigenvalue weighted by molar-refractivity contribution is 5.25. The molecule has 0 aromatic heterocycles. The van der Waals surface area contributed by atoms with Crippen LogP contribution in [0.5, 0.6) is 0 Å². The van der Waals surface area contributed by atoms with Gasteiger partial charge in [-0.2, -0.15) is 0 Å². The number of hydrogen-bond donors (Lipinski definition) is 0. The molecule has 0 N–H and O–H groups in total. The average molecular weight is 317 g/mol. The Balaban J connectivity index is 2.18. The fourth-order valence-electron chi connectivity index (χ4n) is 3.34. The summed E-state index contributed by atoms with van der Waals surface area (Å²) in [6.07, 6.45) is 17.9. The maximum Gasteiger partial charge on any atom is -0.0190 e. The summed E-state index contributed by atoms with van der Waals surface area (Å²) in [5.74, 6) is 0.722. The highest BCUT2D eigenvalue weighted by Gasteiger charge is 2.05. The minimum Gasteiger partial charge on any atom is -0.0654 e. The molecule has 132 valence electrons. The largest absolute Gasteiger partial charge is 0.0654 e. The van der Waals surface area contributed by atoms with Gasteiger partial charge >= 0.3 is 0 Å². The average Bonchev–Trinajstić information content (AvgIpc) is 2.58. The van der Waals surface area contributed by atoms with Crippen LogP contribution in [0.3, 0.4) is 0 Å². The fourth-order valence-corrected chi connectivity index (χ4v) is 3.34. The van der Waals surface area contributed by atoms with Gasteiger partial charge in [-0.15, -0.1) is 0 Å². The van der Waals surface area contributed by atoms with Gasteiger partial charge < -0.3 is 0 Å². The van der Waals surface area contributed by atoms with Crippen molar-refractivity contribution < 1.29 is 0 Å². The Kier molecular flexibility index (Phi) is 12.0. The summed E-state index contributed by atoms with van der Waals surface area (Å²) in [5, 5.41) is 0. The lowest BCUT2D eigenvalue weighted by atomic mass is 9.93. The van der Waals surface area contributed by atoms with Gasteiger partial charge in [0, 0.05) is 0 Å². The topological polar surface area (TPSA) is 0 Å². The predicted molar refractivity (Wildman–Crippen MR) is 105 cm³/mol. The predicted octanol–water partition coefficient (Wildman–Crippen LogP) is 8.05. The van der Waals surface area contributed by atoms with E-state index in [9.17, 15) is 0 Å². The molecule has 0 heterocycles. The van der Waals surface area contributed by atoms with E-state index < -0.39 is 0 Å². The summed E-state index contributed by atoms with van der Waals surface area (Å²) < 4.78 is 0. The van der Waals surface area contributed by atoms with Crippen LogP contribution in [0.4, 0.5) is 0 Å². The third-order valence-corrected chi connectivity index (χ3v) is 5.11. The van der Waals surface area contributed by atoms with Crippen LogP contribution in [0.2, 0.25) is 0 Å². The summed E-state index contributed by atoms with van der Waals surface area (Å²) in [5.41, 5.74) is 3.06. The lowest BCUT2D eigenvalue weighted by Crippen LogP contribution is -1.95. The van der Waals surface area contributed by atoms with Crippen molar-refractivity contribution in [1.29, 1.82) is 0 Å². The lowest BCUT2D eigenvalue weighted by molar-refractivity contribution is 0.566. The zero-order valence-electron chi connectivity index (χ0n) is 16.1. The van der Waals surface area contributed by atoms with Crippen molar-refractivity contribution in [3.63, 3.8) is 0 Å². The van der Waals surface area contributed by atoms with Gasteiger partial charge in [0.15, 0.2) is 0 Å². The summed E-state index contributed by atoms with van der Waals surface area (Å²) in [6.45, 7) is 6.96. The van der Waals surface area contributed by atoms with E-state index in [2.05, 4.69) is 45.0 Å². The molecule has 1 rings (SSSR count). The molecular formula is C23H40. The summed E-state index contributed by atoms with van der Waals surface area (Å²) in [4.78, 5) is 0. The van der Waals surface area contributed by atoms with Gasteiger partial charge in [-0.05, 0) is 36.3 Å². The zero-order valence-corrected chi connectivity index (χ0v) is 16.1. The third kappa shape index (κ3) is 9.84. The maximum absolute atomic E-state index is 2.39. The van der Waals surface area contributed by atoms with Crippen LogP contribution in [-0.2, 0) is 6.42 Å². The highest BCUT2D eigenvalue weighted by Crippen LogP contribution is 2.23. The smallest absolute Gasteiger partial charge is 0.0190 e. The molecule has 0 radical (unpaired) electrons. The van der Waals surface area contributed by atoms with Gasteiger partial charge in [-0.1, -0.05) is 109 Å². The van der Waals surface area contributed by atoms with Crippen LogP contribution in [-0.4, -0.2) is 0 Å². The van der Waals surface area contributed by atoms with Gasteiger partial charge in [0.1, 0.15) is 0 Å². The molecule has 0 saturated heterocycles. The summed E-state index contributed by atoms with van der Waals surface area (Å²) in [7, 11) is 0. The van der Waals surface area contributed by atoms with Crippen LogP contribution in [0.1, 0.15) is 115 Å². The van der Waals surface area contributed by atoms with Crippen LogP contribution in [0.25, 0.3) is 0 Å². The third-order valence-electron chi connectivity index (χ3n) is 5.11. The Morgan fingerprint density at radius 1 is 0.652 bits per heavy atom. The normalized spacial score (nSPS) is 12.5. The zero-order chi connectivity index (χ0) is 16.8. The molecule has 1 unspecified atom stereocenters. The highest BCUT2D eigenvalue weighted by atomic mass is 14.1. The van der Waals surface area contributed by atoms with Crippen molar-refractivity contribution in [3.05, 3.63) is 35.4 Å². The second kappa shape index (κ2) is 13.6. The first-order chi connectivity index (χ1) is 11.3. The lowest BCUT2D eigenvalue weighted by Gasteiger charge is -2.12. The maximum atomic E-state index is 2.39. The molecule has 0 bridgehead atoms. The second-order valence-electron chi connectivity index (χ2n) is 7.36. The Hall–Kier alpha value is -0.780. The standard InChI is InChI=1S/C23H40/c1-4-6-8-10-12-14-16-22-17-19-23(20-18-22)21(3)15-13-11-9-7-5-2/h17-21H,4-16H2,1-3H3. The Morgan fingerprint density at radius 2 is 1.17 bits per heavy atom. The van der Waals surface area contributed by atoms with E-state index >= 15 is 0 Å². The van der Waals surface area contributed by atoms with Gasteiger partial charge in [0.05, 0.1) is 0 Å². The molecule has 0 aliphatic carbocycles. The van der Waals surface area contributed by atoms with Gasteiger partial charge in [-0.3, -0.25) is 0 Å². The number of unbranched alkanes of at least 4 members (excludes halogenated alkanes) is 9. The van der Waals surface area contributed by atoms with Gasteiger partial charge in [-0.25, -0.2) is 0 Å². The van der Waals surface area contributed by atoms with E-state index in [-0.39, 0.29) is 0 Å². The van der Waals surface area contributed by atoms with Crippen molar-refractivity contribution >= 4 is 0 Å². The minimum atomic E-state index is 0.722. The second-order valence-corrected chi connectivity index (χ2v) is 7.36. The Morgan fingerprint density at radius 3 is 1.78 bits per heavy atom. The van der Waals surface area contributed by atoms with Gasteiger partial charge in [0.25, 0.3) is 0 Å². The molecule has 1 aromatic rings. The molecule has 1 aromatic carbocycles. The number of rotatable bonds is 14. The molecule has 0 spiro atoms. The van der Waals surface area contributed by atoms with Gasteiger partial charge in [0.2, 0.25) is 0 Å². The van der Waals surface area contributed by atoms with E-state index in [0.29, 0.717) is 0 Å². The molecule has 0 heteroatoms. The fraction of sp³-hybridized carbons (Fsp3) is 0.739. The Bertz CT molecular complexity index is 362. The van der Waals surface area contributed by atoms with Crippen LogP contribution in [0, 0.1) is 0 Å². The number of benzene rings is 1. The van der Waals surface area contributed by atoms with E-state index in [4.69, 9.17) is 0 Å². The van der Waals surface area contributed by atoms with Crippen LogP contribution >= 0.6 is 0 Å². The van der Waals surface area contributed by atoms with E-state index in [1.54, 1.807) is 0 Å². The minimum absolute atomic E-state index is 0.722. The molecule has 0 aliphatic heterocycles. The molecule has 23 heavy (non-hydrogen) atoms. The van der Waals surface area contributed by atoms with Crippen LogP contribution < -0.4 is 0 Å². The first kappa shape index (κ1) is 20.3. The number of hydrogen-bond acceptors (Lipinski definition) is 0. The van der Waals surface area contributed by atoms with Crippen molar-refractivity contribution in [2.45, 2.75) is 110 Å². The summed E-state index contributed by atoms with van der Waals surface area (Å²) in [6, 6.07) is 9.50. The molecule has 0 aliphatic rings. The first-order valence-corrected chi connectivity index (χ1v) is 10.4. The Labute approximate surface area is 146 Å². The molecule has 0 amide bonds. The summed E-state index contributed by atoms with van der Waals surface area (Å²) >= 11 is 0. The van der Waals surface area contributed by atoms with E-state index in [0.717, 1.165) is 5.92 Å². The van der Waals surface area contributed by atoms with Crippen molar-refractivity contribution in [2.75, 3.05) is 0 Å². The molecule has 0 saturated carbocycles. The molecule has 1 atom stereocenters. The molecular weight excluding hydrogens is 276 g/mol. The molecule has 0 fully saturated rings. The first-order valence-electron chi connectivity index (χ1n) is 10.4. The number of aryl methyl sites for hydroxylation is 1. The SMILES string of the molecule is CCCCCCCCc1ccc(C(C)CCCCCCC)cc1. The quantitative estimate of drug-likeness (QED) is 0.304. The monoisotopic (exact) mass is 316 g/mol. The molecule has 0 nitrogen and oxygen atoms in total. The van der Waals surface area contributed by atoms with Crippen LogP contribution in [0.15, 0.2) is 24.3 Å². The van der Waals surface area contributed by atoms with Crippen molar-refractivity contribution in [2.24, 2.45) is 0 Å². The van der Waals surface area contributed by atoms with E-state index in [1.807, 2.05) is 0 Å².